The SMILES string of the molecule is N[C@@H](Cc1ccc(O)cc1)C(=O)N[C@@H](CC1(C(=O)[C@@H](N)Cc2ccc(O)cc2)C=CC=CC1)C(=O)O. The number of amides is 1. The summed E-state index contributed by atoms with van der Waals surface area (Å²) in [7, 11) is 0. The quantitative estimate of drug-likeness (QED) is 0.273. The van der Waals surface area contributed by atoms with E-state index in [1.54, 1.807) is 48.6 Å². The Balaban J connectivity index is 1.73. The Morgan fingerprint density at radius 2 is 1.39 bits per heavy atom. The zero-order chi connectivity index (χ0) is 26.3. The van der Waals surface area contributed by atoms with Gasteiger partial charge in [-0.05, 0) is 61.1 Å². The van der Waals surface area contributed by atoms with Gasteiger partial charge in [-0.2, -0.15) is 0 Å². The van der Waals surface area contributed by atoms with Crippen LogP contribution in [0.3, 0.4) is 0 Å². The van der Waals surface area contributed by atoms with E-state index in [2.05, 4.69) is 5.32 Å². The van der Waals surface area contributed by atoms with Gasteiger partial charge >= 0.3 is 5.97 Å². The molecule has 0 spiro atoms. The molecular weight excluding hydrogens is 462 g/mol. The van der Waals surface area contributed by atoms with Crippen LogP contribution >= 0.6 is 0 Å². The number of nitrogens with two attached hydrogens (primary N) is 2. The molecule has 0 radical (unpaired) electrons. The van der Waals surface area contributed by atoms with E-state index in [4.69, 9.17) is 11.5 Å². The van der Waals surface area contributed by atoms with Gasteiger partial charge in [0.25, 0.3) is 0 Å². The van der Waals surface area contributed by atoms with Crippen LogP contribution in [0.2, 0.25) is 0 Å². The molecule has 0 saturated heterocycles. The monoisotopic (exact) mass is 493 g/mol. The Kier molecular flexibility index (Phi) is 8.63. The van der Waals surface area contributed by atoms with Gasteiger partial charge in [0.1, 0.15) is 17.5 Å². The van der Waals surface area contributed by atoms with E-state index < -0.39 is 35.4 Å². The third-order valence-electron chi connectivity index (χ3n) is 6.28. The number of allylic oxidation sites excluding steroid dienone is 4. The van der Waals surface area contributed by atoms with Crippen molar-refractivity contribution in [1.82, 2.24) is 5.32 Å². The van der Waals surface area contributed by atoms with Gasteiger partial charge in [0.05, 0.1) is 17.5 Å². The molecule has 1 aliphatic rings. The molecule has 1 aliphatic carbocycles. The fourth-order valence-corrected chi connectivity index (χ4v) is 4.27. The standard InChI is InChI=1S/C27H31N3O6/c28-21(14-17-4-8-19(31)9-5-17)24(33)27(12-2-1-3-13-27)16-23(26(35)36)30-25(34)22(29)15-18-6-10-20(32)11-7-18/h1-12,21-23,31-32H,13-16,28-29H2,(H,30,34)(H,35,36)/t21-,22-,23-,27?/m0/s1. The van der Waals surface area contributed by atoms with Gasteiger partial charge < -0.3 is 32.1 Å². The zero-order valence-electron chi connectivity index (χ0n) is 19.7. The first-order valence-electron chi connectivity index (χ1n) is 11.6. The number of hydrogen-bond acceptors (Lipinski definition) is 7. The van der Waals surface area contributed by atoms with Gasteiger partial charge in [0.2, 0.25) is 5.91 Å². The van der Waals surface area contributed by atoms with E-state index in [1.807, 2.05) is 0 Å². The summed E-state index contributed by atoms with van der Waals surface area (Å²) in [5.74, 6) is -2.12. The second kappa shape index (κ2) is 11.7. The molecule has 2 aromatic rings. The van der Waals surface area contributed by atoms with Crippen LogP contribution in [-0.4, -0.2) is 51.1 Å². The molecule has 1 amide bonds. The van der Waals surface area contributed by atoms with E-state index in [9.17, 15) is 29.7 Å². The minimum Gasteiger partial charge on any atom is -0.508 e. The maximum atomic E-state index is 13.5. The fourth-order valence-electron chi connectivity index (χ4n) is 4.27. The highest BCUT2D eigenvalue weighted by atomic mass is 16.4. The number of benzene rings is 2. The van der Waals surface area contributed by atoms with Crippen molar-refractivity contribution in [2.75, 3.05) is 0 Å². The Bertz CT molecular complexity index is 1140. The van der Waals surface area contributed by atoms with Crippen LogP contribution in [0.1, 0.15) is 24.0 Å². The molecule has 8 N–H and O–H groups in total. The highest BCUT2D eigenvalue weighted by Crippen LogP contribution is 2.36. The predicted octanol–water partition coefficient (Wildman–Crippen LogP) is 1.57. The van der Waals surface area contributed by atoms with E-state index in [0.29, 0.717) is 5.56 Å². The highest BCUT2D eigenvalue weighted by molar-refractivity contribution is 5.93. The van der Waals surface area contributed by atoms with E-state index >= 15 is 0 Å². The number of Topliss-reactive ketones (excluding diaryl/α,β-unsaturated/α-hetero) is 1. The van der Waals surface area contributed by atoms with Crippen molar-refractivity contribution >= 4 is 17.7 Å². The van der Waals surface area contributed by atoms with Crippen LogP contribution in [0.15, 0.2) is 72.8 Å². The number of hydrogen-bond donors (Lipinski definition) is 6. The van der Waals surface area contributed by atoms with Crippen LogP contribution < -0.4 is 16.8 Å². The number of carbonyl (C=O) groups excluding carboxylic acids is 2. The lowest BCUT2D eigenvalue weighted by molar-refractivity contribution is -0.143. The number of rotatable bonds is 11. The lowest BCUT2D eigenvalue weighted by atomic mass is 9.70. The van der Waals surface area contributed by atoms with Crippen molar-refractivity contribution in [3.63, 3.8) is 0 Å². The predicted molar refractivity (Wildman–Crippen MR) is 134 cm³/mol. The van der Waals surface area contributed by atoms with Crippen LogP contribution in [0, 0.1) is 5.41 Å². The van der Waals surface area contributed by atoms with Crippen LogP contribution in [0.4, 0.5) is 0 Å². The normalized spacial score (nSPS) is 19.3. The maximum absolute atomic E-state index is 13.5. The first-order valence-corrected chi connectivity index (χ1v) is 11.6. The van der Waals surface area contributed by atoms with Crippen molar-refractivity contribution in [2.45, 2.75) is 43.8 Å². The summed E-state index contributed by atoms with van der Waals surface area (Å²) in [6, 6.07) is 9.21. The van der Waals surface area contributed by atoms with Gasteiger partial charge in [0.15, 0.2) is 5.78 Å². The molecule has 0 aliphatic heterocycles. The molecule has 0 fully saturated rings. The minimum atomic E-state index is -1.37. The summed E-state index contributed by atoms with van der Waals surface area (Å²) in [6.45, 7) is 0. The van der Waals surface area contributed by atoms with Crippen molar-refractivity contribution in [2.24, 2.45) is 16.9 Å². The van der Waals surface area contributed by atoms with Crippen LogP contribution in [0.5, 0.6) is 11.5 Å². The van der Waals surface area contributed by atoms with Gasteiger partial charge in [-0.3, -0.25) is 9.59 Å². The third kappa shape index (κ3) is 6.80. The molecular formula is C27H31N3O6. The van der Waals surface area contributed by atoms with Crippen LogP contribution in [-0.2, 0) is 27.2 Å². The molecule has 36 heavy (non-hydrogen) atoms. The van der Waals surface area contributed by atoms with Crippen molar-refractivity contribution in [3.05, 3.63) is 84.0 Å². The number of nitrogens with one attached hydrogen (secondary N) is 1. The molecule has 3 rings (SSSR count). The molecule has 1 unspecified atom stereocenters. The number of ketones is 1. The molecule has 2 aromatic carbocycles. The number of carbonyl (C=O) groups is 3. The third-order valence-corrected chi connectivity index (χ3v) is 6.28. The Hall–Kier alpha value is -3.95. The molecule has 0 aromatic heterocycles. The molecule has 0 heterocycles. The summed E-state index contributed by atoms with van der Waals surface area (Å²) >= 11 is 0. The Morgan fingerprint density at radius 3 is 1.86 bits per heavy atom. The van der Waals surface area contributed by atoms with Crippen molar-refractivity contribution in [1.29, 1.82) is 0 Å². The first-order chi connectivity index (χ1) is 17.1. The highest BCUT2D eigenvalue weighted by Gasteiger charge is 2.42. The second-order valence-corrected chi connectivity index (χ2v) is 9.07. The largest absolute Gasteiger partial charge is 0.508 e. The number of phenolic OH excluding ortho intramolecular Hbond substituents is 2. The van der Waals surface area contributed by atoms with Gasteiger partial charge in [-0.1, -0.05) is 48.6 Å². The number of aliphatic carboxylic acids is 1. The number of phenols is 2. The average Bonchev–Trinajstić information content (AvgIpc) is 2.86. The first kappa shape index (κ1) is 26.7. The second-order valence-electron chi connectivity index (χ2n) is 9.07. The maximum Gasteiger partial charge on any atom is 0.326 e. The zero-order valence-corrected chi connectivity index (χ0v) is 19.7. The minimum absolute atomic E-state index is 0.0795. The average molecular weight is 494 g/mol. The van der Waals surface area contributed by atoms with E-state index in [1.165, 1.54) is 24.3 Å². The Morgan fingerprint density at radius 1 is 0.861 bits per heavy atom. The Labute approximate surface area is 209 Å². The molecule has 0 saturated carbocycles. The molecule has 190 valence electrons. The lowest BCUT2D eigenvalue weighted by Gasteiger charge is -2.34. The summed E-state index contributed by atoms with van der Waals surface area (Å²) in [5.41, 5.74) is 12.5. The summed E-state index contributed by atoms with van der Waals surface area (Å²) < 4.78 is 0. The molecule has 9 heteroatoms. The van der Waals surface area contributed by atoms with Gasteiger partial charge in [0, 0.05) is 0 Å². The number of carboxylic acid groups (broad SMARTS) is 1. The summed E-state index contributed by atoms with van der Waals surface area (Å²) in [4.78, 5) is 38.4. The van der Waals surface area contributed by atoms with Crippen molar-refractivity contribution < 1.29 is 29.7 Å². The van der Waals surface area contributed by atoms with E-state index in [-0.39, 0.29) is 43.0 Å². The van der Waals surface area contributed by atoms with Gasteiger partial charge in [-0.15, -0.1) is 0 Å². The fraction of sp³-hybridized carbons (Fsp3) is 0.296. The summed E-state index contributed by atoms with van der Waals surface area (Å²) in [5, 5.41) is 31.2. The van der Waals surface area contributed by atoms with Gasteiger partial charge in [-0.25, -0.2) is 4.79 Å². The lowest BCUT2D eigenvalue weighted by Crippen LogP contribution is -2.53. The van der Waals surface area contributed by atoms with Crippen molar-refractivity contribution in [3.8, 4) is 11.5 Å². The summed E-state index contributed by atoms with van der Waals surface area (Å²) in [6.07, 6.45) is 7.24. The molecule has 9 nitrogen and oxygen atoms in total. The smallest absolute Gasteiger partial charge is 0.326 e. The number of carboxylic acids is 1. The van der Waals surface area contributed by atoms with Crippen LogP contribution in [0.25, 0.3) is 0 Å². The number of aromatic hydroxyl groups is 2. The molecule has 0 bridgehead atoms. The topological polar surface area (TPSA) is 176 Å². The molecule has 4 atom stereocenters. The van der Waals surface area contributed by atoms with E-state index in [0.717, 1.165) is 5.56 Å².